The fraction of sp³-hybridized carbons (Fsp3) is 0.333. The van der Waals surface area contributed by atoms with Gasteiger partial charge in [0.2, 0.25) is 11.6 Å². The molecule has 0 aromatic carbocycles. The molecule has 0 spiro atoms. The summed E-state index contributed by atoms with van der Waals surface area (Å²) in [6.45, 7) is -0.574. The van der Waals surface area contributed by atoms with Crippen LogP contribution in [0.1, 0.15) is 12.8 Å². The van der Waals surface area contributed by atoms with Crippen molar-refractivity contribution in [2.75, 3.05) is 13.2 Å². The second-order valence-electron chi connectivity index (χ2n) is 2.93. The molecule has 94 valence electrons. The first-order valence-electron chi connectivity index (χ1n) is 4.75. The van der Waals surface area contributed by atoms with Crippen molar-refractivity contribution < 1.29 is 28.7 Å². The highest BCUT2D eigenvalue weighted by atomic mass is 16.5. The molecule has 0 unspecified atom stereocenters. The lowest BCUT2D eigenvalue weighted by atomic mass is 10.1. The average Bonchev–Trinajstić information content (AvgIpc) is 2.33. The minimum absolute atomic E-state index is 0.287. The Morgan fingerprint density at radius 1 is 0.778 bits per heavy atom. The number of hydrogen-bond donors (Lipinski definition) is 0. The summed E-state index contributed by atoms with van der Waals surface area (Å²) in [4.78, 5) is 44.2. The van der Waals surface area contributed by atoms with Gasteiger partial charge in [0.1, 0.15) is 12.8 Å². The molecular formula is C12H10O6. The maximum atomic E-state index is 11.2. The summed E-state index contributed by atoms with van der Waals surface area (Å²) in [6.07, 6.45) is 8.12. The lowest BCUT2D eigenvalue weighted by Crippen LogP contribution is -2.23. The van der Waals surface area contributed by atoms with Crippen LogP contribution in [0.15, 0.2) is 0 Å². The van der Waals surface area contributed by atoms with E-state index in [1.165, 1.54) is 0 Å². The van der Waals surface area contributed by atoms with Gasteiger partial charge in [-0.15, -0.1) is 12.8 Å². The van der Waals surface area contributed by atoms with Gasteiger partial charge in [0.05, 0.1) is 0 Å². The van der Waals surface area contributed by atoms with E-state index < -0.39 is 36.3 Å². The molecule has 0 aliphatic heterocycles. The van der Waals surface area contributed by atoms with Crippen LogP contribution >= 0.6 is 0 Å². The fourth-order valence-corrected chi connectivity index (χ4v) is 0.806. The summed E-state index contributed by atoms with van der Waals surface area (Å²) >= 11 is 0. The van der Waals surface area contributed by atoms with Crippen molar-refractivity contribution in [1.29, 1.82) is 0 Å². The second kappa shape index (κ2) is 8.54. The monoisotopic (exact) mass is 250 g/mol. The van der Waals surface area contributed by atoms with Crippen LogP contribution in [0.2, 0.25) is 0 Å². The first kappa shape index (κ1) is 15.4. The van der Waals surface area contributed by atoms with E-state index in [1.807, 2.05) is 11.8 Å². The Labute approximate surface area is 104 Å². The van der Waals surface area contributed by atoms with E-state index in [-0.39, 0.29) is 13.2 Å². The zero-order valence-electron chi connectivity index (χ0n) is 9.43. The van der Waals surface area contributed by atoms with E-state index in [1.54, 1.807) is 0 Å². The van der Waals surface area contributed by atoms with E-state index in [0.29, 0.717) is 0 Å². The van der Waals surface area contributed by atoms with Gasteiger partial charge in [-0.25, -0.2) is 0 Å². The van der Waals surface area contributed by atoms with Crippen LogP contribution in [-0.4, -0.2) is 36.7 Å². The Kier molecular flexibility index (Phi) is 7.31. The van der Waals surface area contributed by atoms with Crippen molar-refractivity contribution in [2.24, 2.45) is 0 Å². The average molecular weight is 250 g/mol. The Bertz CT molecular complexity index is 392. The Hall–Kier alpha value is -2.60. The van der Waals surface area contributed by atoms with Crippen LogP contribution < -0.4 is 0 Å². The quantitative estimate of drug-likeness (QED) is 0.256. The highest BCUT2D eigenvalue weighted by molar-refractivity contribution is 6.42. The summed E-state index contributed by atoms with van der Waals surface area (Å²) in [5.74, 6) is 0.100. The second-order valence-corrected chi connectivity index (χ2v) is 2.93. The predicted octanol–water partition coefficient (Wildman–Crippen LogP) is -0.742. The van der Waals surface area contributed by atoms with Crippen molar-refractivity contribution in [3.8, 4) is 24.7 Å². The van der Waals surface area contributed by atoms with Crippen LogP contribution in [0, 0.1) is 24.7 Å². The zero-order valence-corrected chi connectivity index (χ0v) is 9.43. The topological polar surface area (TPSA) is 86.7 Å². The standard InChI is InChI=1S/C12H10O6/c1-3-5-17-11(15)7-9(13)10(14)8-12(16)18-6-4-2/h1-2H,5-8H2. The minimum atomic E-state index is -1.05. The van der Waals surface area contributed by atoms with Gasteiger partial charge in [-0.2, -0.15) is 0 Å². The van der Waals surface area contributed by atoms with E-state index in [0.717, 1.165) is 0 Å². The highest BCUT2D eigenvalue weighted by Crippen LogP contribution is 1.96. The lowest BCUT2D eigenvalue weighted by molar-refractivity contribution is -0.151. The number of terminal acetylenes is 2. The van der Waals surface area contributed by atoms with E-state index in [9.17, 15) is 19.2 Å². The first-order chi connectivity index (χ1) is 8.51. The van der Waals surface area contributed by atoms with Crippen molar-refractivity contribution in [1.82, 2.24) is 0 Å². The van der Waals surface area contributed by atoms with Crippen molar-refractivity contribution >= 4 is 23.5 Å². The van der Waals surface area contributed by atoms with Gasteiger partial charge < -0.3 is 9.47 Å². The molecular weight excluding hydrogens is 240 g/mol. The molecule has 0 aliphatic carbocycles. The van der Waals surface area contributed by atoms with Crippen molar-refractivity contribution in [2.45, 2.75) is 12.8 Å². The summed E-state index contributed by atoms with van der Waals surface area (Å²) < 4.78 is 8.78. The zero-order chi connectivity index (χ0) is 14.0. The Morgan fingerprint density at radius 3 is 1.39 bits per heavy atom. The number of Topliss-reactive ketones (excluding diaryl/α,β-unsaturated/α-hetero) is 2. The fourth-order valence-electron chi connectivity index (χ4n) is 0.806. The maximum Gasteiger partial charge on any atom is 0.314 e. The molecule has 0 fully saturated rings. The molecule has 0 rings (SSSR count). The number of esters is 2. The number of ketones is 2. The van der Waals surface area contributed by atoms with Crippen molar-refractivity contribution in [3.05, 3.63) is 0 Å². The normalized spacial score (nSPS) is 8.56. The van der Waals surface area contributed by atoms with Crippen LogP contribution in [0.4, 0.5) is 0 Å². The SMILES string of the molecule is C#CCOC(=O)CC(=O)C(=O)CC(=O)OCC#C. The summed E-state index contributed by atoms with van der Waals surface area (Å²) in [6, 6.07) is 0. The summed E-state index contributed by atoms with van der Waals surface area (Å²) in [5, 5.41) is 0. The number of carbonyl (C=O) groups excluding carboxylic acids is 4. The van der Waals surface area contributed by atoms with Crippen LogP contribution in [0.25, 0.3) is 0 Å². The predicted molar refractivity (Wildman–Crippen MR) is 58.8 cm³/mol. The molecule has 0 aromatic rings. The molecule has 6 nitrogen and oxygen atoms in total. The largest absolute Gasteiger partial charge is 0.452 e. The molecule has 18 heavy (non-hydrogen) atoms. The van der Waals surface area contributed by atoms with Gasteiger partial charge in [0.25, 0.3) is 0 Å². The summed E-state index contributed by atoms with van der Waals surface area (Å²) in [7, 11) is 0. The molecule has 0 amide bonds. The third kappa shape index (κ3) is 6.81. The molecule has 0 aromatic heterocycles. The van der Waals surface area contributed by atoms with Gasteiger partial charge in [0, 0.05) is 0 Å². The Balaban J connectivity index is 4.08. The van der Waals surface area contributed by atoms with Gasteiger partial charge in [-0.3, -0.25) is 19.2 Å². The number of hydrogen-bond acceptors (Lipinski definition) is 6. The molecule has 0 aliphatic rings. The third-order valence-corrected chi connectivity index (χ3v) is 1.55. The van der Waals surface area contributed by atoms with E-state index >= 15 is 0 Å². The lowest BCUT2D eigenvalue weighted by Gasteiger charge is -2.01. The van der Waals surface area contributed by atoms with Gasteiger partial charge >= 0.3 is 11.9 Å². The first-order valence-corrected chi connectivity index (χ1v) is 4.75. The smallest absolute Gasteiger partial charge is 0.314 e. The Morgan fingerprint density at radius 2 is 1.11 bits per heavy atom. The maximum absolute atomic E-state index is 11.2. The van der Waals surface area contributed by atoms with Crippen LogP contribution in [0.3, 0.4) is 0 Å². The highest BCUT2D eigenvalue weighted by Gasteiger charge is 2.21. The van der Waals surface area contributed by atoms with E-state index in [2.05, 4.69) is 9.47 Å². The third-order valence-electron chi connectivity index (χ3n) is 1.55. The van der Waals surface area contributed by atoms with Crippen LogP contribution in [0.5, 0.6) is 0 Å². The minimum Gasteiger partial charge on any atom is -0.452 e. The van der Waals surface area contributed by atoms with Crippen molar-refractivity contribution in [3.63, 3.8) is 0 Å². The molecule has 0 saturated heterocycles. The van der Waals surface area contributed by atoms with E-state index in [4.69, 9.17) is 12.8 Å². The molecule has 0 N–H and O–H groups in total. The molecule has 6 heteroatoms. The van der Waals surface area contributed by atoms with Gasteiger partial charge in [0.15, 0.2) is 13.2 Å². The number of rotatable bonds is 7. The van der Waals surface area contributed by atoms with Crippen LogP contribution in [-0.2, 0) is 28.7 Å². The molecule has 0 atom stereocenters. The number of ether oxygens (including phenoxy) is 2. The molecule has 0 bridgehead atoms. The van der Waals surface area contributed by atoms with Gasteiger partial charge in [-0.1, -0.05) is 11.8 Å². The molecule has 0 saturated carbocycles. The molecule has 0 radical (unpaired) electrons. The molecule has 0 heterocycles. The number of carbonyl (C=O) groups is 4. The van der Waals surface area contributed by atoms with Gasteiger partial charge in [-0.05, 0) is 0 Å². The summed E-state index contributed by atoms with van der Waals surface area (Å²) in [5.41, 5.74) is 0.